The van der Waals surface area contributed by atoms with Gasteiger partial charge in [-0.3, -0.25) is 0 Å². The number of ether oxygens (including phenoxy) is 2. The van der Waals surface area contributed by atoms with Gasteiger partial charge in [0.2, 0.25) is 0 Å². The third-order valence-corrected chi connectivity index (χ3v) is 7.30. The van der Waals surface area contributed by atoms with E-state index in [-0.39, 0.29) is 5.67 Å². The molecule has 4 heteroatoms. The summed E-state index contributed by atoms with van der Waals surface area (Å²) in [5.74, 6) is 0. The third kappa shape index (κ3) is 6.62. The first kappa shape index (κ1) is 22.4. The molecular formula is C28H31NO2Si. The van der Waals surface area contributed by atoms with E-state index in [1.165, 1.54) is 33.0 Å². The zero-order valence-electron chi connectivity index (χ0n) is 18.5. The van der Waals surface area contributed by atoms with Gasteiger partial charge in [-0.25, -0.2) is 0 Å². The van der Waals surface area contributed by atoms with Gasteiger partial charge in [-0.1, -0.05) is 84.9 Å². The summed E-state index contributed by atoms with van der Waals surface area (Å²) in [6, 6.07) is 33.9. The molecule has 0 saturated heterocycles. The monoisotopic (exact) mass is 441 g/mol. The Bertz CT molecular complexity index is 1100. The molecule has 3 nitrogen and oxygen atoms in total. The minimum absolute atomic E-state index is 0.154. The molecule has 0 spiro atoms. The first-order valence-corrected chi connectivity index (χ1v) is 13.1. The van der Waals surface area contributed by atoms with E-state index in [0.717, 1.165) is 19.3 Å². The van der Waals surface area contributed by atoms with Crippen LogP contribution in [0.1, 0.15) is 27.9 Å². The van der Waals surface area contributed by atoms with Crippen molar-refractivity contribution in [3.8, 4) is 0 Å². The maximum Gasteiger partial charge on any atom is 0.0766 e. The lowest BCUT2D eigenvalue weighted by molar-refractivity contribution is 0.124. The molecule has 0 aliphatic rings. The highest BCUT2D eigenvalue weighted by Gasteiger charge is 2.06. The SMILES string of the molecule is N[C@H]([SiH2]COCc1ccc2cc(COCCc3ccccc3)ccc2c1)c1ccccc1. The predicted octanol–water partition coefficient (Wildman–Crippen LogP) is 4.90. The van der Waals surface area contributed by atoms with Gasteiger partial charge in [-0.05, 0) is 51.6 Å². The zero-order chi connectivity index (χ0) is 22.0. The Labute approximate surface area is 193 Å². The largest absolute Gasteiger partial charge is 0.381 e. The molecule has 0 aliphatic carbocycles. The molecule has 0 unspecified atom stereocenters. The second-order valence-corrected chi connectivity index (χ2v) is 10.0. The van der Waals surface area contributed by atoms with Crippen molar-refractivity contribution in [1.29, 1.82) is 0 Å². The molecule has 0 radical (unpaired) electrons. The lowest BCUT2D eigenvalue weighted by atomic mass is 10.0. The van der Waals surface area contributed by atoms with E-state index in [0.29, 0.717) is 13.2 Å². The van der Waals surface area contributed by atoms with Crippen LogP contribution >= 0.6 is 0 Å². The highest BCUT2D eigenvalue weighted by atomic mass is 28.2. The first-order valence-electron chi connectivity index (χ1n) is 11.3. The van der Waals surface area contributed by atoms with Crippen LogP contribution in [0, 0.1) is 0 Å². The number of hydrogen-bond acceptors (Lipinski definition) is 3. The molecule has 4 rings (SSSR count). The summed E-state index contributed by atoms with van der Waals surface area (Å²) < 4.78 is 11.8. The molecule has 0 aliphatic heterocycles. The van der Waals surface area contributed by atoms with Gasteiger partial charge in [0.1, 0.15) is 0 Å². The van der Waals surface area contributed by atoms with Crippen molar-refractivity contribution in [2.75, 3.05) is 12.8 Å². The van der Waals surface area contributed by atoms with Crippen molar-refractivity contribution >= 4 is 20.3 Å². The van der Waals surface area contributed by atoms with E-state index < -0.39 is 9.52 Å². The standard InChI is InChI=1S/C28H31NO2Si/c29-28(25-9-5-2-6-10-25)32-21-31-20-24-12-14-26-17-23(11-13-27(26)18-24)19-30-16-15-22-7-3-1-4-8-22/h1-14,17-18,28H,15-16,19-21,29,32H2/t28-/m1/s1. The average molecular weight is 442 g/mol. The third-order valence-electron chi connectivity index (χ3n) is 5.69. The lowest BCUT2D eigenvalue weighted by Crippen LogP contribution is -2.22. The molecule has 0 heterocycles. The summed E-state index contributed by atoms with van der Waals surface area (Å²) in [7, 11) is -0.511. The van der Waals surface area contributed by atoms with Crippen molar-refractivity contribution in [1.82, 2.24) is 0 Å². The lowest BCUT2D eigenvalue weighted by Gasteiger charge is -2.12. The molecule has 32 heavy (non-hydrogen) atoms. The molecule has 1 atom stereocenters. The molecule has 4 aromatic carbocycles. The van der Waals surface area contributed by atoms with Gasteiger partial charge in [-0.2, -0.15) is 0 Å². The number of benzene rings is 4. The maximum atomic E-state index is 6.31. The second-order valence-electron chi connectivity index (χ2n) is 8.16. The summed E-state index contributed by atoms with van der Waals surface area (Å²) >= 11 is 0. The van der Waals surface area contributed by atoms with Gasteiger partial charge in [0.25, 0.3) is 0 Å². The van der Waals surface area contributed by atoms with E-state index in [1.54, 1.807) is 0 Å². The molecular weight excluding hydrogens is 410 g/mol. The van der Waals surface area contributed by atoms with E-state index in [4.69, 9.17) is 15.2 Å². The highest BCUT2D eigenvalue weighted by Crippen LogP contribution is 2.19. The van der Waals surface area contributed by atoms with Gasteiger partial charge in [0.15, 0.2) is 0 Å². The fourth-order valence-corrected chi connectivity index (χ4v) is 4.99. The predicted molar refractivity (Wildman–Crippen MR) is 135 cm³/mol. The molecule has 0 fully saturated rings. The van der Waals surface area contributed by atoms with Crippen LogP contribution in [0.25, 0.3) is 10.8 Å². The summed E-state index contributed by atoms with van der Waals surface area (Å²) in [6.45, 7) is 2.00. The zero-order valence-corrected chi connectivity index (χ0v) is 19.9. The van der Waals surface area contributed by atoms with Crippen molar-refractivity contribution in [3.05, 3.63) is 119 Å². The van der Waals surface area contributed by atoms with E-state index in [1.807, 2.05) is 24.3 Å². The summed E-state index contributed by atoms with van der Waals surface area (Å²) in [5.41, 5.74) is 11.4. The van der Waals surface area contributed by atoms with E-state index >= 15 is 0 Å². The maximum absolute atomic E-state index is 6.31. The Kier molecular flexibility index (Phi) is 8.23. The van der Waals surface area contributed by atoms with Gasteiger partial charge in [0.05, 0.1) is 29.3 Å². The Balaban J connectivity index is 1.22. The second kappa shape index (κ2) is 11.7. The highest BCUT2D eigenvalue weighted by molar-refractivity contribution is 6.37. The molecule has 0 amide bonds. The molecule has 0 bridgehead atoms. The fourth-order valence-electron chi connectivity index (χ4n) is 3.82. The molecule has 164 valence electrons. The number of hydrogen-bond donors (Lipinski definition) is 1. The Morgan fingerprint density at radius 3 is 1.91 bits per heavy atom. The summed E-state index contributed by atoms with van der Waals surface area (Å²) in [6.07, 6.45) is 1.73. The van der Waals surface area contributed by atoms with Crippen molar-refractivity contribution in [2.45, 2.75) is 25.3 Å². The molecule has 2 N–H and O–H groups in total. The van der Waals surface area contributed by atoms with Gasteiger partial charge >= 0.3 is 0 Å². The van der Waals surface area contributed by atoms with Crippen LogP contribution in [0.4, 0.5) is 0 Å². The van der Waals surface area contributed by atoms with Gasteiger partial charge < -0.3 is 15.2 Å². The Hall–Kier alpha value is -2.76. The molecule has 0 aromatic heterocycles. The van der Waals surface area contributed by atoms with Crippen LogP contribution in [0.3, 0.4) is 0 Å². The van der Waals surface area contributed by atoms with Crippen LogP contribution in [0.15, 0.2) is 97.1 Å². The van der Waals surface area contributed by atoms with Crippen LogP contribution in [0.5, 0.6) is 0 Å². The normalized spacial score (nSPS) is 12.5. The minimum atomic E-state index is -0.511. The van der Waals surface area contributed by atoms with Crippen LogP contribution in [-0.4, -0.2) is 22.4 Å². The smallest absolute Gasteiger partial charge is 0.0766 e. The van der Waals surface area contributed by atoms with Crippen molar-refractivity contribution in [3.63, 3.8) is 0 Å². The summed E-state index contributed by atoms with van der Waals surface area (Å²) in [4.78, 5) is 0. The number of fused-ring (bicyclic) bond motifs is 1. The number of nitrogens with two attached hydrogens (primary N) is 1. The van der Waals surface area contributed by atoms with Crippen LogP contribution in [0.2, 0.25) is 0 Å². The average Bonchev–Trinajstić information content (AvgIpc) is 2.85. The summed E-state index contributed by atoms with van der Waals surface area (Å²) in [5, 5.41) is 2.47. The fraction of sp³-hybridized carbons (Fsp3) is 0.214. The first-order chi connectivity index (χ1) is 15.8. The minimum Gasteiger partial charge on any atom is -0.381 e. The Morgan fingerprint density at radius 2 is 1.25 bits per heavy atom. The van der Waals surface area contributed by atoms with Crippen LogP contribution in [-0.2, 0) is 29.1 Å². The number of rotatable bonds is 11. The van der Waals surface area contributed by atoms with E-state index in [2.05, 4.69) is 72.8 Å². The Morgan fingerprint density at radius 1 is 0.656 bits per heavy atom. The van der Waals surface area contributed by atoms with Crippen LogP contribution < -0.4 is 5.73 Å². The quantitative estimate of drug-likeness (QED) is 0.266. The topological polar surface area (TPSA) is 44.5 Å². The van der Waals surface area contributed by atoms with Crippen molar-refractivity contribution in [2.24, 2.45) is 5.73 Å². The van der Waals surface area contributed by atoms with E-state index in [9.17, 15) is 0 Å². The molecule has 4 aromatic rings. The molecule has 0 saturated carbocycles. The van der Waals surface area contributed by atoms with Gasteiger partial charge in [0, 0.05) is 11.9 Å². The van der Waals surface area contributed by atoms with Crippen molar-refractivity contribution < 1.29 is 9.47 Å². The van der Waals surface area contributed by atoms with Gasteiger partial charge in [-0.15, -0.1) is 0 Å².